The van der Waals surface area contributed by atoms with Crippen LogP contribution in [0, 0.1) is 0 Å². The monoisotopic (exact) mass is 237 g/mol. The Kier molecular flexibility index (Phi) is 2.52. The van der Waals surface area contributed by atoms with Gasteiger partial charge in [-0.3, -0.25) is 0 Å². The molecule has 0 radical (unpaired) electrons. The van der Waals surface area contributed by atoms with Gasteiger partial charge in [0.15, 0.2) is 0 Å². The van der Waals surface area contributed by atoms with Gasteiger partial charge in [0.2, 0.25) is 0 Å². The largest absolute Gasteiger partial charge is 0.300 e. The third-order valence-corrected chi connectivity index (χ3v) is 3.87. The molecule has 3 rings (SSSR count). The zero-order valence-electron chi connectivity index (χ0n) is 8.09. The zero-order chi connectivity index (χ0) is 10.1. The third-order valence-electron chi connectivity index (χ3n) is 2.43. The van der Waals surface area contributed by atoms with Crippen LogP contribution in [0.4, 0.5) is 0 Å². The van der Waals surface area contributed by atoms with Gasteiger partial charge in [0.1, 0.15) is 11.0 Å². The molecule has 0 bridgehead atoms. The Bertz CT molecular complexity index is 372. The van der Waals surface area contributed by atoms with Gasteiger partial charge in [0.25, 0.3) is 0 Å². The van der Waals surface area contributed by atoms with Crippen LogP contribution in [0.2, 0.25) is 0 Å². The van der Waals surface area contributed by atoms with Gasteiger partial charge in [-0.15, -0.1) is 22.7 Å². The van der Waals surface area contributed by atoms with Gasteiger partial charge in [-0.05, 0) is 12.8 Å². The summed E-state index contributed by atoms with van der Waals surface area (Å²) >= 11 is 3.33. The van der Waals surface area contributed by atoms with E-state index >= 15 is 0 Å². The van der Waals surface area contributed by atoms with E-state index in [-0.39, 0.29) is 6.04 Å². The molecular formula is C10H11N3S2. The topological polar surface area (TPSA) is 37.8 Å². The van der Waals surface area contributed by atoms with Crippen molar-refractivity contribution in [1.29, 1.82) is 0 Å². The average Bonchev–Trinajstić information content (AvgIpc) is 2.77. The molecular weight excluding hydrogens is 226 g/mol. The smallest absolute Gasteiger partial charge is 0.116 e. The van der Waals surface area contributed by atoms with E-state index in [0.29, 0.717) is 6.04 Å². The lowest BCUT2D eigenvalue weighted by atomic mass is 10.2. The average molecular weight is 237 g/mol. The molecule has 15 heavy (non-hydrogen) atoms. The number of nitrogens with one attached hydrogen (secondary N) is 1. The van der Waals surface area contributed by atoms with Crippen molar-refractivity contribution in [2.24, 2.45) is 0 Å². The molecule has 1 aliphatic rings. The predicted octanol–water partition coefficient (Wildman–Crippen LogP) is 2.44. The van der Waals surface area contributed by atoms with Crippen molar-refractivity contribution < 1.29 is 0 Å². The Morgan fingerprint density at radius 2 is 2.33 bits per heavy atom. The summed E-state index contributed by atoms with van der Waals surface area (Å²) in [5.41, 5.74) is 2.98. The quantitative estimate of drug-likeness (QED) is 0.887. The SMILES string of the molecule is c1csc(C(NC2CC2)c2cscn2)n1. The van der Waals surface area contributed by atoms with Gasteiger partial charge < -0.3 is 5.32 Å². The van der Waals surface area contributed by atoms with Crippen molar-refractivity contribution in [2.45, 2.75) is 24.9 Å². The normalized spacial score (nSPS) is 17.9. The Morgan fingerprint density at radius 1 is 1.40 bits per heavy atom. The fourth-order valence-electron chi connectivity index (χ4n) is 1.51. The van der Waals surface area contributed by atoms with Gasteiger partial charge in [0.05, 0.1) is 11.2 Å². The van der Waals surface area contributed by atoms with E-state index in [0.717, 1.165) is 10.7 Å². The zero-order valence-corrected chi connectivity index (χ0v) is 9.72. The number of hydrogen-bond acceptors (Lipinski definition) is 5. The minimum Gasteiger partial charge on any atom is -0.300 e. The molecule has 1 unspecified atom stereocenters. The lowest BCUT2D eigenvalue weighted by Gasteiger charge is -2.13. The molecule has 0 aliphatic heterocycles. The lowest BCUT2D eigenvalue weighted by Crippen LogP contribution is -2.24. The summed E-state index contributed by atoms with van der Waals surface area (Å²) in [7, 11) is 0. The van der Waals surface area contributed by atoms with E-state index in [1.165, 1.54) is 12.8 Å². The minimum absolute atomic E-state index is 0.198. The van der Waals surface area contributed by atoms with Crippen LogP contribution in [-0.4, -0.2) is 16.0 Å². The fraction of sp³-hybridized carbons (Fsp3) is 0.400. The Morgan fingerprint density at radius 3 is 2.93 bits per heavy atom. The highest BCUT2D eigenvalue weighted by Gasteiger charge is 2.28. The maximum Gasteiger partial charge on any atom is 0.116 e. The summed E-state index contributed by atoms with van der Waals surface area (Å²) in [5.74, 6) is 0. The summed E-state index contributed by atoms with van der Waals surface area (Å²) in [5, 5.41) is 8.82. The van der Waals surface area contributed by atoms with E-state index in [1.807, 2.05) is 17.1 Å². The van der Waals surface area contributed by atoms with Gasteiger partial charge in [-0.25, -0.2) is 9.97 Å². The molecule has 0 saturated heterocycles. The molecule has 2 aromatic heterocycles. The molecule has 78 valence electrons. The van der Waals surface area contributed by atoms with Crippen LogP contribution in [0.5, 0.6) is 0 Å². The third kappa shape index (κ3) is 2.09. The second-order valence-corrected chi connectivity index (χ2v) is 5.30. The van der Waals surface area contributed by atoms with E-state index in [4.69, 9.17) is 0 Å². The fourth-order valence-corrected chi connectivity index (χ4v) is 2.80. The molecule has 5 heteroatoms. The molecule has 1 N–H and O–H groups in total. The Balaban J connectivity index is 1.87. The number of aromatic nitrogens is 2. The van der Waals surface area contributed by atoms with Crippen molar-refractivity contribution in [3.63, 3.8) is 0 Å². The molecule has 1 aliphatic carbocycles. The summed E-state index contributed by atoms with van der Waals surface area (Å²) in [6.45, 7) is 0. The van der Waals surface area contributed by atoms with E-state index in [9.17, 15) is 0 Å². The number of thiazole rings is 2. The Labute approximate surface area is 96.2 Å². The lowest BCUT2D eigenvalue weighted by molar-refractivity contribution is 0.588. The summed E-state index contributed by atoms with van der Waals surface area (Å²) < 4.78 is 0. The first-order valence-electron chi connectivity index (χ1n) is 4.97. The second kappa shape index (κ2) is 4.00. The molecule has 1 fully saturated rings. The highest BCUT2D eigenvalue weighted by Crippen LogP contribution is 2.29. The molecule has 2 heterocycles. The summed E-state index contributed by atoms with van der Waals surface area (Å²) in [6, 6.07) is 0.865. The van der Waals surface area contributed by atoms with Crippen LogP contribution >= 0.6 is 22.7 Å². The van der Waals surface area contributed by atoms with Crippen LogP contribution in [-0.2, 0) is 0 Å². The molecule has 2 aromatic rings. The van der Waals surface area contributed by atoms with E-state index in [1.54, 1.807) is 22.7 Å². The number of nitrogens with zero attached hydrogens (tertiary/aromatic N) is 2. The summed E-state index contributed by atoms with van der Waals surface area (Å²) in [6.07, 6.45) is 4.42. The van der Waals surface area contributed by atoms with E-state index < -0.39 is 0 Å². The van der Waals surface area contributed by atoms with Crippen LogP contribution in [0.15, 0.2) is 22.5 Å². The van der Waals surface area contributed by atoms with Crippen molar-refractivity contribution in [3.8, 4) is 0 Å². The maximum absolute atomic E-state index is 4.38. The Hall–Kier alpha value is -0.780. The number of hydrogen-bond donors (Lipinski definition) is 1. The van der Waals surface area contributed by atoms with Crippen LogP contribution in [0.1, 0.15) is 29.6 Å². The first-order chi connectivity index (χ1) is 7.43. The molecule has 0 aromatic carbocycles. The van der Waals surface area contributed by atoms with Crippen LogP contribution in [0.3, 0.4) is 0 Å². The highest BCUT2D eigenvalue weighted by atomic mass is 32.1. The molecule has 0 amide bonds. The van der Waals surface area contributed by atoms with Crippen LogP contribution in [0.25, 0.3) is 0 Å². The van der Waals surface area contributed by atoms with Crippen LogP contribution < -0.4 is 5.32 Å². The van der Waals surface area contributed by atoms with Gasteiger partial charge in [-0.2, -0.15) is 0 Å². The van der Waals surface area contributed by atoms with Crippen molar-refractivity contribution >= 4 is 22.7 Å². The standard InChI is InChI=1S/C10H11N3S2/c1-2-7(1)13-9(8-5-14-6-12-8)10-11-3-4-15-10/h3-7,9,13H,1-2H2. The number of rotatable bonds is 4. The maximum atomic E-state index is 4.38. The highest BCUT2D eigenvalue weighted by molar-refractivity contribution is 7.09. The minimum atomic E-state index is 0.198. The van der Waals surface area contributed by atoms with Gasteiger partial charge >= 0.3 is 0 Å². The molecule has 1 atom stereocenters. The first-order valence-corrected chi connectivity index (χ1v) is 6.79. The van der Waals surface area contributed by atoms with Crippen molar-refractivity contribution in [1.82, 2.24) is 15.3 Å². The van der Waals surface area contributed by atoms with Gasteiger partial charge in [0, 0.05) is 23.0 Å². The van der Waals surface area contributed by atoms with Crippen molar-refractivity contribution in [2.75, 3.05) is 0 Å². The van der Waals surface area contributed by atoms with Gasteiger partial charge in [-0.1, -0.05) is 0 Å². The van der Waals surface area contributed by atoms with E-state index in [2.05, 4.69) is 20.7 Å². The predicted molar refractivity (Wildman–Crippen MR) is 62.2 cm³/mol. The molecule has 3 nitrogen and oxygen atoms in total. The first kappa shape index (κ1) is 9.45. The molecule has 1 saturated carbocycles. The van der Waals surface area contributed by atoms with Crippen molar-refractivity contribution in [3.05, 3.63) is 33.2 Å². The summed E-state index contributed by atoms with van der Waals surface area (Å²) in [4.78, 5) is 8.75. The molecule has 0 spiro atoms. The second-order valence-electron chi connectivity index (χ2n) is 3.66.